The molecule has 1 radical (unpaired) electrons. The minimum Gasteiger partial charge on any atom is -0.290 e. The molecule has 0 aromatic rings. The van der Waals surface area contributed by atoms with Crippen molar-refractivity contribution >= 4 is 45.4 Å². The van der Waals surface area contributed by atoms with Crippen LogP contribution in [0.5, 0.6) is 0 Å². The highest BCUT2D eigenvalue weighted by Gasteiger charge is 2.37. The molecule has 0 saturated heterocycles. The van der Waals surface area contributed by atoms with Gasteiger partial charge in [0.2, 0.25) is 6.29 Å². The molecule has 1 nitrogen and oxygen atoms in total. The van der Waals surface area contributed by atoms with Crippen LogP contribution in [0.2, 0.25) is 0 Å². The minimum atomic E-state index is -0.995. The van der Waals surface area contributed by atoms with Gasteiger partial charge in [-0.1, -0.05) is 51.3 Å². The van der Waals surface area contributed by atoms with Gasteiger partial charge >= 0.3 is 0 Å². The molecule has 4 heteroatoms. The molecule has 0 N–H and O–H groups in total. The fourth-order valence-corrected chi connectivity index (χ4v) is 1.49. The first-order chi connectivity index (χ1) is 5.09. The van der Waals surface area contributed by atoms with Gasteiger partial charge in [0.05, 0.1) is 11.0 Å². The Balaban J connectivity index is 2.97. The van der Waals surface area contributed by atoms with Crippen LogP contribution in [0.4, 0.5) is 0 Å². The summed E-state index contributed by atoms with van der Waals surface area (Å²) >= 11 is 14.8. The summed E-state index contributed by atoms with van der Waals surface area (Å²) in [6, 6.07) is 0. The monoisotopic (exact) mass is 253 g/mol. The third-order valence-electron chi connectivity index (χ3n) is 1.38. The Bertz CT molecular complexity index is 233. The third kappa shape index (κ3) is 1.68. The lowest BCUT2D eigenvalue weighted by Gasteiger charge is -2.24. The zero-order chi connectivity index (χ0) is 8.48. The van der Waals surface area contributed by atoms with E-state index in [9.17, 15) is 4.79 Å². The van der Waals surface area contributed by atoms with Gasteiger partial charge in [-0.2, -0.15) is 0 Å². The summed E-state index contributed by atoms with van der Waals surface area (Å²) < 4.78 is -0.995. The van der Waals surface area contributed by atoms with Crippen LogP contribution in [0.3, 0.4) is 0 Å². The third-order valence-corrected chi connectivity index (χ3v) is 3.49. The van der Waals surface area contributed by atoms with E-state index in [0.29, 0.717) is 5.03 Å². The molecule has 11 heavy (non-hydrogen) atoms. The van der Waals surface area contributed by atoms with E-state index < -0.39 is 9.70 Å². The second kappa shape index (κ2) is 3.30. The van der Waals surface area contributed by atoms with Crippen molar-refractivity contribution in [2.24, 2.45) is 5.92 Å². The van der Waals surface area contributed by atoms with Crippen molar-refractivity contribution in [3.63, 3.8) is 0 Å². The summed E-state index contributed by atoms with van der Waals surface area (Å²) in [7, 11) is 0. The quantitative estimate of drug-likeness (QED) is 0.658. The van der Waals surface area contributed by atoms with Gasteiger partial charge in [0.25, 0.3) is 0 Å². The fraction of sp³-hybridized carbons (Fsp3) is 0.286. The second-order valence-corrected chi connectivity index (χ2v) is 4.83. The maximum atomic E-state index is 10.3. The van der Waals surface area contributed by atoms with Crippen LogP contribution in [-0.2, 0) is 4.79 Å². The van der Waals surface area contributed by atoms with Crippen molar-refractivity contribution in [2.45, 2.75) is 3.78 Å². The van der Waals surface area contributed by atoms with Gasteiger partial charge < -0.3 is 0 Å². The molecule has 0 amide bonds. The summed E-state index contributed by atoms with van der Waals surface area (Å²) in [6.07, 6.45) is 6.74. The molecule has 0 aliphatic heterocycles. The molecule has 59 valence electrons. The van der Waals surface area contributed by atoms with Crippen molar-refractivity contribution in [3.8, 4) is 0 Å². The van der Waals surface area contributed by atoms with Gasteiger partial charge in [0.15, 0.2) is 0 Å². The maximum absolute atomic E-state index is 10.3. The maximum Gasteiger partial charge on any atom is 0.208 e. The molecule has 2 unspecified atom stereocenters. The molecule has 0 spiro atoms. The first-order valence-corrected chi connectivity index (χ1v) is 4.44. The smallest absolute Gasteiger partial charge is 0.208 e. The minimum absolute atomic E-state index is 0.398. The summed E-state index contributed by atoms with van der Waals surface area (Å²) in [6.45, 7) is 0. The SMILES string of the molecule is O=[C]C1C=CC=C(Cl)C1(Cl)Br. The van der Waals surface area contributed by atoms with E-state index in [4.69, 9.17) is 23.2 Å². The molecule has 0 fully saturated rings. The molecule has 0 saturated carbocycles. The van der Waals surface area contributed by atoms with Crippen LogP contribution in [0, 0.1) is 5.92 Å². The van der Waals surface area contributed by atoms with Crippen LogP contribution in [0.25, 0.3) is 0 Å². The lowest BCUT2D eigenvalue weighted by molar-refractivity contribution is 0.536. The predicted molar refractivity (Wildman–Crippen MR) is 49.8 cm³/mol. The lowest BCUT2D eigenvalue weighted by atomic mass is 10.0. The molecule has 0 bridgehead atoms. The summed E-state index contributed by atoms with van der Waals surface area (Å²) in [5, 5.41) is 0.398. The first-order valence-electron chi connectivity index (χ1n) is 2.89. The van der Waals surface area contributed by atoms with Crippen molar-refractivity contribution in [2.75, 3.05) is 0 Å². The summed E-state index contributed by atoms with van der Waals surface area (Å²) in [4.78, 5) is 10.3. The van der Waals surface area contributed by atoms with Crippen LogP contribution < -0.4 is 0 Å². The number of hydrogen-bond acceptors (Lipinski definition) is 1. The molecular weight excluding hydrogens is 251 g/mol. The van der Waals surface area contributed by atoms with Crippen LogP contribution in [0.15, 0.2) is 23.3 Å². The normalized spacial score (nSPS) is 36.6. The van der Waals surface area contributed by atoms with Gasteiger partial charge in [-0.15, -0.1) is 0 Å². The van der Waals surface area contributed by atoms with Gasteiger partial charge in [-0.3, -0.25) is 4.79 Å². The van der Waals surface area contributed by atoms with E-state index in [2.05, 4.69) is 15.9 Å². The van der Waals surface area contributed by atoms with E-state index in [-0.39, 0.29) is 0 Å². The molecule has 1 aliphatic rings. The number of hydrogen-bond donors (Lipinski definition) is 0. The Morgan fingerprint density at radius 1 is 1.73 bits per heavy atom. The average molecular weight is 255 g/mol. The highest BCUT2D eigenvalue weighted by Crippen LogP contribution is 2.43. The molecule has 0 heterocycles. The Hall–Kier alpha value is 0.210. The number of allylic oxidation sites excluding steroid dienone is 4. The molecule has 0 aromatic heterocycles. The fourth-order valence-electron chi connectivity index (χ4n) is 0.745. The van der Waals surface area contributed by atoms with Crippen molar-refractivity contribution in [1.29, 1.82) is 0 Å². The van der Waals surface area contributed by atoms with Gasteiger partial charge in [-0.05, 0) is 6.08 Å². The van der Waals surface area contributed by atoms with Gasteiger partial charge in [-0.25, -0.2) is 0 Å². The largest absolute Gasteiger partial charge is 0.290 e. The molecule has 1 aliphatic carbocycles. The average Bonchev–Trinajstić information content (AvgIpc) is 1.95. The number of carbonyl (C=O) groups excluding carboxylic acids is 1. The van der Waals surface area contributed by atoms with E-state index in [1.807, 2.05) is 0 Å². The molecular formula is C7H4BrCl2O. The Kier molecular flexibility index (Phi) is 2.79. The summed E-state index contributed by atoms with van der Waals surface area (Å²) in [5.41, 5.74) is 0. The highest BCUT2D eigenvalue weighted by molar-refractivity contribution is 9.10. The van der Waals surface area contributed by atoms with Gasteiger partial charge in [0.1, 0.15) is 3.78 Å². The zero-order valence-corrected chi connectivity index (χ0v) is 8.45. The number of alkyl halides is 2. The van der Waals surface area contributed by atoms with Crippen molar-refractivity contribution < 1.29 is 4.79 Å². The number of rotatable bonds is 1. The van der Waals surface area contributed by atoms with Crippen molar-refractivity contribution in [3.05, 3.63) is 23.3 Å². The number of halogens is 3. The van der Waals surface area contributed by atoms with Gasteiger partial charge in [0, 0.05) is 0 Å². The standard InChI is InChI=1S/C7H4BrCl2O/c8-7(10)5(4-11)2-1-3-6(7)9/h1-3,5H. The molecule has 2 atom stereocenters. The van der Waals surface area contributed by atoms with E-state index in [1.54, 1.807) is 24.5 Å². The Labute approximate surface area is 83.2 Å². The Morgan fingerprint density at radius 3 is 2.82 bits per heavy atom. The van der Waals surface area contributed by atoms with E-state index in [1.165, 1.54) is 0 Å². The van der Waals surface area contributed by atoms with Crippen LogP contribution in [0.1, 0.15) is 0 Å². The molecule has 1 rings (SSSR count). The van der Waals surface area contributed by atoms with Crippen molar-refractivity contribution in [1.82, 2.24) is 0 Å². The van der Waals surface area contributed by atoms with Crippen LogP contribution >= 0.6 is 39.1 Å². The first kappa shape index (κ1) is 9.30. The Morgan fingerprint density at radius 2 is 2.36 bits per heavy atom. The predicted octanol–water partition coefficient (Wildman–Crippen LogP) is 2.73. The van der Waals surface area contributed by atoms with E-state index >= 15 is 0 Å². The lowest BCUT2D eigenvalue weighted by Crippen LogP contribution is -2.26. The molecule has 0 aromatic carbocycles. The summed E-state index contributed by atoms with van der Waals surface area (Å²) in [5.74, 6) is -0.526. The topological polar surface area (TPSA) is 17.1 Å². The van der Waals surface area contributed by atoms with Crippen LogP contribution in [-0.4, -0.2) is 10.1 Å². The van der Waals surface area contributed by atoms with E-state index in [0.717, 1.165) is 0 Å². The highest BCUT2D eigenvalue weighted by atomic mass is 79.9. The second-order valence-electron chi connectivity index (χ2n) is 2.12. The zero-order valence-electron chi connectivity index (χ0n) is 5.35.